The Hall–Kier alpha value is -2.02. The maximum atomic E-state index is 12.4. The smallest absolute Gasteiger partial charge is 0.433 e. The number of rotatable bonds is 2. The van der Waals surface area contributed by atoms with Crippen LogP contribution in [0.2, 0.25) is 5.22 Å². The van der Waals surface area contributed by atoms with Crippen molar-refractivity contribution in [3.8, 4) is 0 Å². The molecule has 0 unspecified atom stereocenters. The van der Waals surface area contributed by atoms with Crippen molar-refractivity contribution in [1.29, 1.82) is 0 Å². The van der Waals surface area contributed by atoms with Gasteiger partial charge in [0.1, 0.15) is 11.5 Å². The first-order chi connectivity index (χ1) is 8.86. The van der Waals surface area contributed by atoms with E-state index in [0.717, 1.165) is 12.1 Å². The van der Waals surface area contributed by atoms with Gasteiger partial charge in [-0.15, -0.1) is 0 Å². The predicted octanol–water partition coefficient (Wildman–Crippen LogP) is 3.60. The zero-order chi connectivity index (χ0) is 14.0. The second-order valence-electron chi connectivity index (χ2n) is 3.46. The van der Waals surface area contributed by atoms with Gasteiger partial charge in [-0.25, -0.2) is 4.98 Å². The van der Waals surface area contributed by atoms with E-state index in [4.69, 9.17) is 16.0 Å². The fourth-order valence-corrected chi connectivity index (χ4v) is 1.42. The van der Waals surface area contributed by atoms with Crippen LogP contribution in [0.3, 0.4) is 0 Å². The van der Waals surface area contributed by atoms with Gasteiger partial charge in [-0.3, -0.25) is 4.79 Å². The Kier molecular flexibility index (Phi) is 3.48. The summed E-state index contributed by atoms with van der Waals surface area (Å²) in [6.07, 6.45) is -4.57. The van der Waals surface area contributed by atoms with Crippen molar-refractivity contribution in [3.05, 3.63) is 47.0 Å². The molecule has 2 aromatic rings. The van der Waals surface area contributed by atoms with Crippen LogP contribution in [0.5, 0.6) is 0 Å². The molecule has 0 aliphatic rings. The largest absolute Gasteiger partial charge is 0.440 e. The molecule has 4 nitrogen and oxygen atoms in total. The summed E-state index contributed by atoms with van der Waals surface area (Å²) >= 11 is 5.48. The molecule has 0 bridgehead atoms. The van der Waals surface area contributed by atoms with Crippen LogP contribution in [0.1, 0.15) is 16.2 Å². The summed E-state index contributed by atoms with van der Waals surface area (Å²) in [6, 6.07) is 5.82. The highest BCUT2D eigenvalue weighted by molar-refractivity contribution is 6.29. The van der Waals surface area contributed by atoms with E-state index < -0.39 is 17.8 Å². The van der Waals surface area contributed by atoms with E-state index in [1.807, 2.05) is 0 Å². The van der Waals surface area contributed by atoms with Gasteiger partial charge in [-0.1, -0.05) is 6.07 Å². The van der Waals surface area contributed by atoms with E-state index in [2.05, 4.69) is 10.3 Å². The first kappa shape index (κ1) is 13.4. The van der Waals surface area contributed by atoms with Gasteiger partial charge < -0.3 is 9.73 Å². The number of carbonyl (C=O) groups is 1. The van der Waals surface area contributed by atoms with Gasteiger partial charge in [-0.05, 0) is 35.9 Å². The Labute approximate surface area is 110 Å². The zero-order valence-electron chi connectivity index (χ0n) is 9.16. The number of pyridine rings is 1. The molecule has 1 N–H and O–H groups in total. The summed E-state index contributed by atoms with van der Waals surface area (Å²) in [5, 5.41) is 2.18. The number of nitrogens with one attached hydrogen (secondary N) is 1. The molecule has 0 aromatic carbocycles. The zero-order valence-corrected chi connectivity index (χ0v) is 9.92. The molecule has 0 fully saturated rings. The minimum Gasteiger partial charge on any atom is -0.440 e. The van der Waals surface area contributed by atoms with Gasteiger partial charge in [0.15, 0.2) is 11.0 Å². The van der Waals surface area contributed by atoms with Gasteiger partial charge in [0.25, 0.3) is 5.91 Å². The van der Waals surface area contributed by atoms with E-state index >= 15 is 0 Å². The second kappa shape index (κ2) is 4.93. The standard InChI is InChI=1S/C11H6ClF3N2O2/c12-8-5-4-6(19-8)10(18)17-9-3-1-2-7(16-9)11(13,14)15/h1-5H,(H,16,17,18). The monoisotopic (exact) mass is 290 g/mol. The van der Waals surface area contributed by atoms with Crippen LogP contribution >= 0.6 is 11.6 Å². The number of halogens is 4. The van der Waals surface area contributed by atoms with Crippen LogP contribution in [0.15, 0.2) is 34.7 Å². The summed E-state index contributed by atoms with van der Waals surface area (Å²) < 4.78 is 42.1. The van der Waals surface area contributed by atoms with Crippen LogP contribution in [0.4, 0.5) is 19.0 Å². The van der Waals surface area contributed by atoms with Gasteiger partial charge in [-0.2, -0.15) is 13.2 Å². The van der Waals surface area contributed by atoms with Gasteiger partial charge in [0.05, 0.1) is 0 Å². The third kappa shape index (κ3) is 3.25. The Morgan fingerprint density at radius 1 is 1.26 bits per heavy atom. The van der Waals surface area contributed by atoms with E-state index in [9.17, 15) is 18.0 Å². The molecule has 0 radical (unpaired) electrons. The highest BCUT2D eigenvalue weighted by Crippen LogP contribution is 2.28. The molecular formula is C11H6ClF3N2O2. The fourth-order valence-electron chi connectivity index (χ4n) is 1.28. The summed E-state index contributed by atoms with van der Waals surface area (Å²) in [4.78, 5) is 14.9. The molecule has 8 heteroatoms. The molecule has 0 aliphatic heterocycles. The average Bonchev–Trinajstić information content (AvgIpc) is 2.75. The number of anilines is 1. The van der Waals surface area contributed by atoms with Crippen LogP contribution in [0, 0.1) is 0 Å². The average molecular weight is 291 g/mol. The lowest BCUT2D eigenvalue weighted by Crippen LogP contribution is -2.14. The normalized spacial score (nSPS) is 11.4. The molecule has 19 heavy (non-hydrogen) atoms. The number of alkyl halides is 3. The van der Waals surface area contributed by atoms with Crippen molar-refractivity contribution in [2.45, 2.75) is 6.18 Å². The topological polar surface area (TPSA) is 55.1 Å². The predicted molar refractivity (Wildman–Crippen MR) is 60.9 cm³/mol. The molecule has 0 saturated heterocycles. The molecule has 0 spiro atoms. The van der Waals surface area contributed by atoms with Crippen molar-refractivity contribution in [3.63, 3.8) is 0 Å². The third-order valence-corrected chi connectivity index (χ3v) is 2.28. The lowest BCUT2D eigenvalue weighted by Gasteiger charge is -2.07. The first-order valence-corrected chi connectivity index (χ1v) is 5.35. The Morgan fingerprint density at radius 2 is 2.00 bits per heavy atom. The Bertz CT molecular complexity index is 610. The lowest BCUT2D eigenvalue weighted by atomic mass is 10.3. The summed E-state index contributed by atoms with van der Waals surface area (Å²) in [7, 11) is 0. The number of hydrogen-bond acceptors (Lipinski definition) is 3. The first-order valence-electron chi connectivity index (χ1n) is 4.97. The van der Waals surface area contributed by atoms with Crippen LogP contribution < -0.4 is 5.32 Å². The van der Waals surface area contributed by atoms with Gasteiger partial charge >= 0.3 is 6.18 Å². The Balaban J connectivity index is 2.18. The van der Waals surface area contributed by atoms with E-state index in [1.54, 1.807) is 0 Å². The van der Waals surface area contributed by atoms with E-state index in [0.29, 0.717) is 0 Å². The molecule has 2 aromatic heterocycles. The fraction of sp³-hybridized carbons (Fsp3) is 0.0909. The quantitative estimate of drug-likeness (QED) is 0.919. The maximum Gasteiger partial charge on any atom is 0.433 e. The number of amides is 1. The molecule has 1 amide bonds. The summed E-state index contributed by atoms with van der Waals surface area (Å²) in [6.45, 7) is 0. The summed E-state index contributed by atoms with van der Waals surface area (Å²) in [5.41, 5.74) is -1.09. The maximum absolute atomic E-state index is 12.4. The van der Waals surface area contributed by atoms with Gasteiger partial charge in [0.2, 0.25) is 0 Å². The van der Waals surface area contributed by atoms with Crippen molar-refractivity contribution < 1.29 is 22.4 Å². The van der Waals surface area contributed by atoms with Crippen molar-refractivity contribution in [1.82, 2.24) is 4.98 Å². The SMILES string of the molecule is O=C(Nc1cccc(C(F)(F)F)n1)c1ccc(Cl)o1. The number of furan rings is 1. The molecule has 0 atom stereocenters. The summed E-state index contributed by atoms with van der Waals surface area (Å²) in [5.74, 6) is -1.09. The number of nitrogens with zero attached hydrogens (tertiary/aromatic N) is 1. The van der Waals surface area contributed by atoms with Crippen LogP contribution in [-0.2, 0) is 6.18 Å². The van der Waals surface area contributed by atoms with Gasteiger partial charge in [0, 0.05) is 0 Å². The molecule has 2 heterocycles. The van der Waals surface area contributed by atoms with Crippen molar-refractivity contribution in [2.24, 2.45) is 0 Å². The molecule has 0 saturated carbocycles. The number of aromatic nitrogens is 1. The van der Waals surface area contributed by atoms with E-state index in [1.165, 1.54) is 18.2 Å². The van der Waals surface area contributed by atoms with Crippen molar-refractivity contribution >= 4 is 23.3 Å². The highest BCUT2D eigenvalue weighted by atomic mass is 35.5. The van der Waals surface area contributed by atoms with Crippen molar-refractivity contribution in [2.75, 3.05) is 5.32 Å². The molecular weight excluding hydrogens is 285 g/mol. The lowest BCUT2D eigenvalue weighted by molar-refractivity contribution is -0.141. The number of hydrogen-bond donors (Lipinski definition) is 1. The second-order valence-corrected chi connectivity index (χ2v) is 3.84. The molecule has 0 aliphatic carbocycles. The van der Waals surface area contributed by atoms with E-state index in [-0.39, 0.29) is 16.8 Å². The van der Waals surface area contributed by atoms with Crippen LogP contribution in [-0.4, -0.2) is 10.9 Å². The molecule has 100 valence electrons. The third-order valence-electron chi connectivity index (χ3n) is 2.08. The minimum atomic E-state index is -4.57. The highest BCUT2D eigenvalue weighted by Gasteiger charge is 2.32. The Morgan fingerprint density at radius 3 is 2.58 bits per heavy atom. The number of carbonyl (C=O) groups excluding carboxylic acids is 1. The molecule has 2 rings (SSSR count). The van der Waals surface area contributed by atoms with Crippen LogP contribution in [0.25, 0.3) is 0 Å². The minimum absolute atomic E-state index is 0.00199.